The molecule has 0 spiro atoms. The second-order valence-corrected chi connectivity index (χ2v) is 6.74. The summed E-state index contributed by atoms with van der Waals surface area (Å²) in [5.41, 5.74) is 2.21. The highest BCUT2D eigenvalue weighted by molar-refractivity contribution is 5.92. The first kappa shape index (κ1) is 16.4. The normalized spacial score (nSPS) is 17.0. The predicted octanol–water partition coefficient (Wildman–Crippen LogP) is 1.32. The highest BCUT2D eigenvalue weighted by Gasteiger charge is 2.28. The summed E-state index contributed by atoms with van der Waals surface area (Å²) in [6, 6.07) is 1.76. The zero-order valence-electron chi connectivity index (χ0n) is 14.9. The molecule has 4 heterocycles. The fourth-order valence-electron chi connectivity index (χ4n) is 3.36. The van der Waals surface area contributed by atoms with E-state index in [0.717, 1.165) is 43.1 Å². The molecule has 0 aliphatic carbocycles. The van der Waals surface area contributed by atoms with Gasteiger partial charge >= 0.3 is 0 Å². The van der Waals surface area contributed by atoms with Gasteiger partial charge in [-0.2, -0.15) is 5.10 Å². The molecule has 0 bridgehead atoms. The van der Waals surface area contributed by atoms with E-state index in [9.17, 15) is 4.79 Å². The highest BCUT2D eigenvalue weighted by Crippen LogP contribution is 2.22. The van der Waals surface area contributed by atoms with Gasteiger partial charge < -0.3 is 9.47 Å². The minimum atomic E-state index is 0.00399. The van der Waals surface area contributed by atoms with Gasteiger partial charge in [0.25, 0.3) is 5.91 Å². The van der Waals surface area contributed by atoms with Crippen LogP contribution in [0.25, 0.3) is 11.5 Å². The summed E-state index contributed by atoms with van der Waals surface area (Å²) in [7, 11) is 3.75. The van der Waals surface area contributed by atoms with Crippen LogP contribution in [0.5, 0.6) is 0 Å². The molecule has 1 atom stereocenters. The second kappa shape index (κ2) is 6.70. The largest absolute Gasteiger partial charge is 0.337 e. The van der Waals surface area contributed by atoms with Gasteiger partial charge in [-0.3, -0.25) is 14.5 Å². The summed E-state index contributed by atoms with van der Waals surface area (Å²) in [5, 5.41) is 4.20. The van der Waals surface area contributed by atoms with Gasteiger partial charge in [0, 0.05) is 52.0 Å². The van der Waals surface area contributed by atoms with Crippen LogP contribution in [0.3, 0.4) is 0 Å². The SMILES string of the molecule is Cn1ccc(C(=O)N2CCC(Cc3cnc(-c4nccn4C)cn3)C2)n1. The molecule has 0 saturated carbocycles. The van der Waals surface area contributed by atoms with Crippen molar-refractivity contribution < 1.29 is 4.79 Å². The third-order valence-corrected chi connectivity index (χ3v) is 4.76. The minimum absolute atomic E-state index is 0.00399. The van der Waals surface area contributed by atoms with Gasteiger partial charge in [0.15, 0.2) is 5.82 Å². The molecule has 3 aromatic heterocycles. The van der Waals surface area contributed by atoms with Gasteiger partial charge in [0.1, 0.15) is 11.4 Å². The molecule has 8 heteroatoms. The number of carbonyl (C=O) groups excluding carboxylic acids is 1. The number of likely N-dealkylation sites (tertiary alicyclic amines) is 1. The van der Waals surface area contributed by atoms with Crippen LogP contribution in [-0.2, 0) is 20.5 Å². The lowest BCUT2D eigenvalue weighted by molar-refractivity contribution is 0.0780. The van der Waals surface area contributed by atoms with E-state index >= 15 is 0 Å². The van der Waals surface area contributed by atoms with Gasteiger partial charge in [0.2, 0.25) is 0 Å². The maximum atomic E-state index is 12.5. The molecule has 1 amide bonds. The van der Waals surface area contributed by atoms with Crippen molar-refractivity contribution in [1.29, 1.82) is 0 Å². The summed E-state index contributed by atoms with van der Waals surface area (Å²) >= 11 is 0. The number of carbonyl (C=O) groups is 1. The molecule has 1 fully saturated rings. The Kier molecular flexibility index (Phi) is 4.24. The van der Waals surface area contributed by atoms with Gasteiger partial charge in [-0.1, -0.05) is 0 Å². The van der Waals surface area contributed by atoms with Crippen LogP contribution in [0.2, 0.25) is 0 Å². The Labute approximate surface area is 151 Å². The third-order valence-electron chi connectivity index (χ3n) is 4.76. The molecule has 1 saturated heterocycles. The van der Waals surface area contributed by atoms with Crippen molar-refractivity contribution >= 4 is 5.91 Å². The average Bonchev–Trinajstić information content (AvgIpc) is 3.37. The van der Waals surface area contributed by atoms with Crippen molar-refractivity contribution in [3.63, 3.8) is 0 Å². The summed E-state index contributed by atoms with van der Waals surface area (Å²) in [4.78, 5) is 27.7. The molecule has 26 heavy (non-hydrogen) atoms. The standard InChI is InChI=1S/C18H21N7O/c1-23-8-5-19-17(23)16-11-20-14(10-21-16)9-13-3-7-25(12-13)18(26)15-4-6-24(2)22-15/h4-6,8,10-11,13H,3,7,9,12H2,1-2H3. The Hall–Kier alpha value is -3.03. The highest BCUT2D eigenvalue weighted by atomic mass is 16.2. The monoisotopic (exact) mass is 351 g/mol. The number of rotatable bonds is 4. The van der Waals surface area contributed by atoms with E-state index in [0.29, 0.717) is 11.6 Å². The zero-order chi connectivity index (χ0) is 18.1. The minimum Gasteiger partial charge on any atom is -0.337 e. The smallest absolute Gasteiger partial charge is 0.274 e. The lowest BCUT2D eigenvalue weighted by atomic mass is 10.0. The topological polar surface area (TPSA) is 81.7 Å². The quantitative estimate of drug-likeness (QED) is 0.708. The van der Waals surface area contributed by atoms with Crippen LogP contribution in [0, 0.1) is 5.92 Å². The van der Waals surface area contributed by atoms with Crippen LogP contribution in [0.1, 0.15) is 22.6 Å². The fraction of sp³-hybridized carbons (Fsp3) is 0.389. The van der Waals surface area contributed by atoms with Crippen LogP contribution in [-0.4, -0.2) is 53.2 Å². The number of aromatic nitrogens is 6. The molecule has 134 valence electrons. The Morgan fingerprint density at radius 1 is 1.19 bits per heavy atom. The Balaban J connectivity index is 1.38. The zero-order valence-corrected chi connectivity index (χ0v) is 14.9. The van der Waals surface area contributed by atoms with E-state index in [2.05, 4.69) is 20.1 Å². The van der Waals surface area contributed by atoms with Crippen molar-refractivity contribution in [3.8, 4) is 11.5 Å². The summed E-state index contributed by atoms with van der Waals surface area (Å²) in [6.07, 6.45) is 10.8. The maximum absolute atomic E-state index is 12.5. The summed E-state index contributed by atoms with van der Waals surface area (Å²) in [6.45, 7) is 1.50. The second-order valence-electron chi connectivity index (χ2n) is 6.74. The van der Waals surface area contributed by atoms with Crippen LogP contribution in [0.4, 0.5) is 0 Å². The summed E-state index contributed by atoms with van der Waals surface area (Å²) < 4.78 is 3.57. The first-order chi connectivity index (χ1) is 12.6. The molecule has 0 radical (unpaired) electrons. The van der Waals surface area contributed by atoms with Gasteiger partial charge in [-0.25, -0.2) is 9.97 Å². The molecule has 1 aliphatic rings. The Bertz CT molecular complexity index is 912. The average molecular weight is 351 g/mol. The van der Waals surface area contributed by atoms with Crippen molar-refractivity contribution in [3.05, 3.63) is 48.4 Å². The molecule has 1 unspecified atom stereocenters. The van der Waals surface area contributed by atoms with E-state index in [1.165, 1.54) is 0 Å². The first-order valence-corrected chi connectivity index (χ1v) is 8.67. The van der Waals surface area contributed by atoms with Crippen molar-refractivity contribution in [2.24, 2.45) is 20.0 Å². The van der Waals surface area contributed by atoms with Crippen LogP contribution in [0.15, 0.2) is 37.1 Å². The number of hydrogen-bond acceptors (Lipinski definition) is 5. The molecular formula is C18H21N7O. The lowest BCUT2D eigenvalue weighted by Gasteiger charge is -2.15. The van der Waals surface area contributed by atoms with Crippen molar-refractivity contribution in [2.45, 2.75) is 12.8 Å². The first-order valence-electron chi connectivity index (χ1n) is 8.67. The summed E-state index contributed by atoms with van der Waals surface area (Å²) in [5.74, 6) is 1.21. The van der Waals surface area contributed by atoms with E-state index in [1.807, 2.05) is 36.0 Å². The van der Waals surface area contributed by atoms with E-state index in [4.69, 9.17) is 0 Å². The molecule has 3 aromatic rings. The van der Waals surface area contributed by atoms with E-state index in [1.54, 1.807) is 29.3 Å². The van der Waals surface area contributed by atoms with Gasteiger partial charge in [-0.05, 0) is 24.8 Å². The number of imidazole rings is 1. The number of nitrogens with zero attached hydrogens (tertiary/aromatic N) is 7. The van der Waals surface area contributed by atoms with Crippen LogP contribution >= 0.6 is 0 Å². The Morgan fingerprint density at radius 3 is 2.73 bits per heavy atom. The van der Waals surface area contributed by atoms with Crippen molar-refractivity contribution in [2.75, 3.05) is 13.1 Å². The predicted molar refractivity (Wildman–Crippen MR) is 95.2 cm³/mol. The fourth-order valence-corrected chi connectivity index (χ4v) is 3.36. The number of hydrogen-bond donors (Lipinski definition) is 0. The maximum Gasteiger partial charge on any atom is 0.274 e. The molecule has 0 N–H and O–H groups in total. The van der Waals surface area contributed by atoms with Crippen LogP contribution < -0.4 is 0 Å². The molecule has 1 aliphatic heterocycles. The van der Waals surface area contributed by atoms with Gasteiger partial charge in [0.05, 0.1) is 11.9 Å². The molecular weight excluding hydrogens is 330 g/mol. The Morgan fingerprint density at radius 2 is 2.08 bits per heavy atom. The van der Waals surface area contributed by atoms with Gasteiger partial charge in [-0.15, -0.1) is 0 Å². The van der Waals surface area contributed by atoms with E-state index < -0.39 is 0 Å². The molecule has 4 rings (SSSR count). The van der Waals surface area contributed by atoms with E-state index in [-0.39, 0.29) is 5.91 Å². The number of amides is 1. The lowest BCUT2D eigenvalue weighted by Crippen LogP contribution is -2.29. The third kappa shape index (κ3) is 3.22. The van der Waals surface area contributed by atoms with Crippen molar-refractivity contribution in [1.82, 2.24) is 34.2 Å². The molecule has 8 nitrogen and oxygen atoms in total. The number of aryl methyl sites for hydroxylation is 2. The molecule has 0 aromatic carbocycles.